The maximum absolute atomic E-state index is 16.9. The van der Waals surface area contributed by atoms with Crippen molar-refractivity contribution in [3.05, 3.63) is 87.8 Å². The SMILES string of the molecule is C=CC(C)=O.CC.CC/C=C(/N=C1/C(F)=C(c2ccc(F)c3sc(C(C)C)c(C#N)c23)C=C/C1=C(/C)N(CC)C(CC)CCC(C)CC)OC.C[C@@H]1CC2CCCN2C1. The number of halogens is 2. The topological polar surface area (TPSA) is 68.9 Å². The van der Waals surface area contributed by atoms with Gasteiger partial charge in [-0.3, -0.25) is 4.79 Å². The molecule has 3 aliphatic rings. The Morgan fingerprint density at radius 3 is 2.32 bits per heavy atom. The van der Waals surface area contributed by atoms with Crippen molar-refractivity contribution in [3.8, 4) is 6.07 Å². The molecular formula is C50H74F2N4O2S. The third-order valence-electron chi connectivity index (χ3n) is 11.4. The van der Waals surface area contributed by atoms with Crippen molar-refractivity contribution in [2.24, 2.45) is 16.8 Å². The first-order valence-corrected chi connectivity index (χ1v) is 22.9. The molecule has 2 saturated heterocycles. The van der Waals surface area contributed by atoms with Crippen molar-refractivity contribution in [2.45, 2.75) is 152 Å². The summed E-state index contributed by atoms with van der Waals surface area (Å²) in [5.41, 5.74) is 3.00. The normalized spacial score (nSPS) is 20.1. The molecule has 1 aliphatic carbocycles. The lowest BCUT2D eigenvalue weighted by molar-refractivity contribution is -0.112. The number of benzene rings is 1. The van der Waals surface area contributed by atoms with Gasteiger partial charge in [-0.1, -0.05) is 93.5 Å². The van der Waals surface area contributed by atoms with Gasteiger partial charge < -0.3 is 14.5 Å². The molecule has 1 aromatic heterocycles. The largest absolute Gasteiger partial charge is 0.481 e. The van der Waals surface area contributed by atoms with Crippen LogP contribution in [0, 0.1) is 29.0 Å². The fourth-order valence-electron chi connectivity index (χ4n) is 8.09. The Morgan fingerprint density at radius 1 is 1.12 bits per heavy atom. The standard InChI is InChI=1S/C36H47F2N3OS.C8H15N.C4H6O.C2H6/c1-10-14-31(42-9)40-34-26(24(8)41(13-4)25(12-3)16-15-23(7)11-2)17-18-28(33(34)38)27-19-20-30(37)36-32(27)29(21-39)35(43-36)22(5)6;1-7-5-8-3-2-4-9(8)6-7;1-3-4(2)5;1-2/h14,17-20,22-23,25H,10-13,15-16H2,1-9H3;7-8H,2-6H2,1H3;3H,1H2,2H3;1-2H3/b26-24+,31-14-,40-34+;;;/t;7-,8?;;/m.1../s1. The lowest BCUT2D eigenvalue weighted by atomic mass is 9.89. The molecule has 59 heavy (non-hydrogen) atoms. The molecule has 326 valence electrons. The number of allylic oxidation sites excluding steroid dienone is 8. The summed E-state index contributed by atoms with van der Waals surface area (Å²) in [4.78, 5) is 20.2. The van der Waals surface area contributed by atoms with E-state index in [1.54, 1.807) is 12.1 Å². The van der Waals surface area contributed by atoms with Crippen LogP contribution in [-0.4, -0.2) is 60.1 Å². The van der Waals surface area contributed by atoms with Gasteiger partial charge in [0.15, 0.2) is 11.6 Å². The molecule has 4 atom stereocenters. The molecule has 5 rings (SSSR count). The van der Waals surface area contributed by atoms with Gasteiger partial charge in [0, 0.05) is 52.3 Å². The van der Waals surface area contributed by atoms with Gasteiger partial charge >= 0.3 is 0 Å². The first-order valence-electron chi connectivity index (χ1n) is 22.1. The van der Waals surface area contributed by atoms with E-state index in [4.69, 9.17) is 9.73 Å². The molecule has 1 aromatic carbocycles. The van der Waals surface area contributed by atoms with Crippen molar-refractivity contribution in [1.29, 1.82) is 5.26 Å². The van der Waals surface area contributed by atoms with Crippen LogP contribution in [0.4, 0.5) is 8.78 Å². The zero-order chi connectivity index (χ0) is 44.4. The van der Waals surface area contributed by atoms with Crippen LogP contribution in [0.5, 0.6) is 0 Å². The zero-order valence-electron chi connectivity index (χ0n) is 38.6. The van der Waals surface area contributed by atoms with Crippen LogP contribution >= 0.6 is 11.3 Å². The minimum absolute atomic E-state index is 0.0185. The molecule has 2 aliphatic heterocycles. The molecule has 2 fully saturated rings. The third-order valence-corrected chi connectivity index (χ3v) is 12.9. The van der Waals surface area contributed by atoms with Crippen LogP contribution in [-0.2, 0) is 9.53 Å². The van der Waals surface area contributed by atoms with Crippen LogP contribution in [0.3, 0.4) is 0 Å². The Hall–Kier alpha value is -3.87. The maximum atomic E-state index is 16.9. The number of hydrogen-bond acceptors (Lipinski definition) is 7. The van der Waals surface area contributed by atoms with Gasteiger partial charge in [0.05, 0.1) is 17.4 Å². The molecule has 0 spiro atoms. The molecule has 2 aromatic rings. The smallest absolute Gasteiger partial charge is 0.209 e. The van der Waals surface area contributed by atoms with Crippen molar-refractivity contribution in [3.63, 3.8) is 0 Å². The molecule has 0 radical (unpaired) electrons. The highest BCUT2D eigenvalue weighted by molar-refractivity contribution is 7.19. The number of hydrogen-bond donors (Lipinski definition) is 0. The molecule has 0 N–H and O–H groups in total. The number of ether oxygens (including phenoxy) is 1. The minimum atomic E-state index is -0.520. The molecule has 0 bridgehead atoms. The van der Waals surface area contributed by atoms with Gasteiger partial charge in [-0.2, -0.15) is 5.26 Å². The summed E-state index contributed by atoms with van der Waals surface area (Å²) in [5, 5.41) is 10.6. The summed E-state index contributed by atoms with van der Waals surface area (Å²) in [6.45, 7) is 31.4. The second-order valence-corrected chi connectivity index (χ2v) is 17.0. The highest BCUT2D eigenvalue weighted by Crippen LogP contribution is 2.43. The van der Waals surface area contributed by atoms with E-state index < -0.39 is 11.6 Å². The third kappa shape index (κ3) is 13.6. The Kier molecular flexibility index (Phi) is 22.3. The molecule has 0 saturated carbocycles. The monoisotopic (exact) mass is 833 g/mol. The van der Waals surface area contributed by atoms with E-state index in [0.29, 0.717) is 51.0 Å². The second-order valence-electron chi connectivity index (χ2n) is 16.0. The number of methoxy groups -OCH3 is 1. The molecule has 6 nitrogen and oxygen atoms in total. The molecule has 9 heteroatoms. The first kappa shape index (κ1) is 51.3. The first-order chi connectivity index (χ1) is 28.2. The average Bonchev–Trinajstić information content (AvgIpc) is 3.95. The van der Waals surface area contributed by atoms with Crippen LogP contribution in [0.25, 0.3) is 15.7 Å². The van der Waals surface area contributed by atoms with Gasteiger partial charge in [-0.25, -0.2) is 13.8 Å². The average molecular weight is 833 g/mol. The number of carbonyl (C=O) groups is 1. The second kappa shape index (κ2) is 25.7. The fraction of sp³-hybridized carbons (Fsp3) is 0.580. The Balaban J connectivity index is 0.000000621. The number of carbonyl (C=O) groups excluding carboxylic acids is 1. The highest BCUT2D eigenvalue weighted by atomic mass is 32.1. The van der Waals surface area contributed by atoms with Gasteiger partial charge in [0.1, 0.15) is 17.6 Å². The number of ketones is 1. The summed E-state index contributed by atoms with van der Waals surface area (Å²) in [5.74, 6) is 1.09. The molecule has 3 heterocycles. The summed E-state index contributed by atoms with van der Waals surface area (Å²) >= 11 is 1.27. The molecule has 3 unspecified atom stereocenters. The number of nitrogens with zero attached hydrogens (tertiary/aromatic N) is 4. The number of thiophene rings is 1. The Bertz CT molecular complexity index is 1880. The summed E-state index contributed by atoms with van der Waals surface area (Å²) in [7, 11) is 1.53. The quantitative estimate of drug-likeness (QED) is 0.140. The van der Waals surface area contributed by atoms with Gasteiger partial charge in [-0.15, -0.1) is 11.3 Å². The summed E-state index contributed by atoms with van der Waals surface area (Å²) < 4.78 is 37.9. The van der Waals surface area contributed by atoms with Crippen LogP contribution in [0.15, 0.2) is 71.0 Å². The highest BCUT2D eigenvalue weighted by Gasteiger charge is 2.33. The lowest BCUT2D eigenvalue weighted by Crippen LogP contribution is -2.35. The van der Waals surface area contributed by atoms with Crippen LogP contribution in [0.2, 0.25) is 0 Å². The van der Waals surface area contributed by atoms with E-state index in [-0.39, 0.29) is 23.0 Å². The number of aliphatic imine (C=N–C) groups is 1. The summed E-state index contributed by atoms with van der Waals surface area (Å²) in [6, 6.07) is 6.52. The van der Waals surface area contributed by atoms with Gasteiger partial charge in [-0.05, 0) is 114 Å². The maximum Gasteiger partial charge on any atom is 0.209 e. The molecule has 0 amide bonds. The van der Waals surface area contributed by atoms with Gasteiger partial charge in [0.25, 0.3) is 0 Å². The minimum Gasteiger partial charge on any atom is -0.481 e. The zero-order valence-corrected chi connectivity index (χ0v) is 39.4. The predicted octanol–water partition coefficient (Wildman–Crippen LogP) is 14.1. The van der Waals surface area contributed by atoms with E-state index in [1.807, 2.05) is 53.7 Å². The van der Waals surface area contributed by atoms with Crippen molar-refractivity contribution >= 4 is 38.5 Å². The predicted molar refractivity (Wildman–Crippen MR) is 249 cm³/mol. The van der Waals surface area contributed by atoms with E-state index in [1.165, 1.54) is 69.9 Å². The van der Waals surface area contributed by atoms with Crippen molar-refractivity contribution in [2.75, 3.05) is 26.7 Å². The Morgan fingerprint density at radius 2 is 1.80 bits per heavy atom. The van der Waals surface area contributed by atoms with Crippen LogP contribution in [0.1, 0.15) is 156 Å². The van der Waals surface area contributed by atoms with E-state index >= 15 is 8.78 Å². The van der Waals surface area contributed by atoms with Crippen molar-refractivity contribution in [1.82, 2.24) is 9.80 Å². The number of fused-ring (bicyclic) bond motifs is 2. The summed E-state index contributed by atoms with van der Waals surface area (Å²) in [6.07, 6.45) is 16.2. The van der Waals surface area contributed by atoms with E-state index in [2.05, 4.69) is 57.1 Å². The number of nitriles is 1. The Labute approximate surface area is 360 Å². The van der Waals surface area contributed by atoms with Crippen LogP contribution < -0.4 is 0 Å². The van der Waals surface area contributed by atoms with E-state index in [0.717, 1.165) is 54.8 Å². The van der Waals surface area contributed by atoms with Crippen molar-refractivity contribution < 1.29 is 18.3 Å². The molecular weight excluding hydrogens is 759 g/mol. The lowest BCUT2D eigenvalue weighted by Gasteiger charge is -2.35. The van der Waals surface area contributed by atoms with E-state index in [9.17, 15) is 10.1 Å². The number of rotatable bonds is 14. The van der Waals surface area contributed by atoms with Gasteiger partial charge in [0.2, 0.25) is 5.88 Å². The fourth-order valence-corrected chi connectivity index (χ4v) is 9.28.